The second kappa shape index (κ2) is 3.62. The fourth-order valence-corrected chi connectivity index (χ4v) is 1.54. The van der Waals surface area contributed by atoms with Gasteiger partial charge in [-0.25, -0.2) is 0 Å². The second-order valence-electron chi connectivity index (χ2n) is 4.26. The zero-order valence-electron chi connectivity index (χ0n) is 8.57. The van der Waals surface area contributed by atoms with E-state index in [0.717, 1.165) is 25.2 Å². The van der Waals surface area contributed by atoms with Gasteiger partial charge in [0.1, 0.15) is 5.75 Å². The van der Waals surface area contributed by atoms with Crippen molar-refractivity contribution in [1.29, 1.82) is 0 Å². The molecule has 0 saturated heterocycles. The molecule has 1 saturated carbocycles. The van der Waals surface area contributed by atoms with E-state index in [0.29, 0.717) is 5.92 Å². The van der Waals surface area contributed by atoms with Crippen molar-refractivity contribution in [2.24, 2.45) is 11.7 Å². The minimum absolute atomic E-state index is 0.0643. The highest BCUT2D eigenvalue weighted by Crippen LogP contribution is 2.39. The molecule has 76 valence electrons. The van der Waals surface area contributed by atoms with Gasteiger partial charge in [0, 0.05) is 11.5 Å². The van der Waals surface area contributed by atoms with E-state index in [1.165, 1.54) is 0 Å². The van der Waals surface area contributed by atoms with Gasteiger partial charge in [-0.1, -0.05) is 25.1 Å². The van der Waals surface area contributed by atoms with Crippen molar-refractivity contribution in [2.75, 3.05) is 6.61 Å². The first-order valence-corrected chi connectivity index (χ1v) is 5.17. The lowest BCUT2D eigenvalue weighted by Crippen LogP contribution is -2.34. The second-order valence-corrected chi connectivity index (χ2v) is 4.26. The molecule has 1 unspecified atom stereocenters. The molecule has 14 heavy (non-hydrogen) atoms. The van der Waals surface area contributed by atoms with Crippen LogP contribution < -0.4 is 10.5 Å². The summed E-state index contributed by atoms with van der Waals surface area (Å²) in [4.78, 5) is 0. The van der Waals surface area contributed by atoms with Gasteiger partial charge >= 0.3 is 0 Å². The summed E-state index contributed by atoms with van der Waals surface area (Å²) in [5, 5.41) is 0. The predicted octanol–water partition coefficient (Wildman–Crippen LogP) is 2.19. The monoisotopic (exact) mass is 191 g/mol. The molecule has 0 aromatic heterocycles. The summed E-state index contributed by atoms with van der Waals surface area (Å²) in [6, 6.07) is 9.90. The van der Waals surface area contributed by atoms with Crippen molar-refractivity contribution in [2.45, 2.75) is 25.3 Å². The van der Waals surface area contributed by atoms with Crippen molar-refractivity contribution in [1.82, 2.24) is 0 Å². The number of hydrogen-bond acceptors (Lipinski definition) is 2. The van der Waals surface area contributed by atoms with E-state index in [4.69, 9.17) is 10.5 Å². The molecule has 1 aliphatic carbocycles. The minimum Gasteiger partial charge on any atom is -0.493 e. The number of benzene rings is 1. The van der Waals surface area contributed by atoms with Gasteiger partial charge in [-0.15, -0.1) is 0 Å². The molecule has 1 aromatic rings. The number of rotatable bonds is 4. The third-order valence-electron chi connectivity index (χ3n) is 3.05. The maximum Gasteiger partial charge on any atom is 0.119 e. The van der Waals surface area contributed by atoms with E-state index in [9.17, 15) is 0 Å². The van der Waals surface area contributed by atoms with Gasteiger partial charge in [0.05, 0.1) is 6.61 Å². The number of para-hydroxylation sites is 1. The Morgan fingerprint density at radius 2 is 2.00 bits per heavy atom. The Morgan fingerprint density at radius 1 is 1.36 bits per heavy atom. The fourth-order valence-electron chi connectivity index (χ4n) is 1.54. The molecule has 2 heteroatoms. The molecule has 1 aromatic carbocycles. The molecular formula is C12H17NO. The summed E-state index contributed by atoms with van der Waals surface area (Å²) < 4.78 is 5.65. The Bertz CT molecular complexity index is 292. The van der Waals surface area contributed by atoms with Crippen LogP contribution in [-0.4, -0.2) is 12.1 Å². The van der Waals surface area contributed by atoms with Crippen LogP contribution in [0.5, 0.6) is 5.75 Å². The topological polar surface area (TPSA) is 35.2 Å². The third-order valence-corrected chi connectivity index (χ3v) is 3.05. The smallest absolute Gasteiger partial charge is 0.119 e. The molecule has 2 nitrogen and oxygen atoms in total. The predicted molar refractivity (Wildman–Crippen MR) is 57.3 cm³/mol. The molecule has 2 N–H and O–H groups in total. The largest absolute Gasteiger partial charge is 0.493 e. The van der Waals surface area contributed by atoms with Crippen LogP contribution in [0.4, 0.5) is 0 Å². The Hall–Kier alpha value is -1.02. The van der Waals surface area contributed by atoms with Gasteiger partial charge in [-0.2, -0.15) is 0 Å². The summed E-state index contributed by atoms with van der Waals surface area (Å²) in [5.41, 5.74) is 6.14. The van der Waals surface area contributed by atoms with E-state index in [-0.39, 0.29) is 5.54 Å². The zero-order valence-corrected chi connectivity index (χ0v) is 8.57. The first-order valence-electron chi connectivity index (χ1n) is 5.17. The SMILES string of the molecule is CC(COc1ccccc1)C1(N)CC1. The quantitative estimate of drug-likeness (QED) is 0.791. The molecule has 2 rings (SSSR count). The van der Waals surface area contributed by atoms with Crippen molar-refractivity contribution in [3.8, 4) is 5.75 Å². The van der Waals surface area contributed by atoms with Crippen LogP contribution in [0.15, 0.2) is 30.3 Å². The van der Waals surface area contributed by atoms with Gasteiger partial charge in [0.2, 0.25) is 0 Å². The molecule has 0 aliphatic heterocycles. The van der Waals surface area contributed by atoms with Gasteiger partial charge in [-0.05, 0) is 25.0 Å². The first kappa shape index (κ1) is 9.53. The zero-order chi connectivity index (χ0) is 10.0. The first-order chi connectivity index (χ1) is 6.71. The molecule has 0 radical (unpaired) electrons. The maximum atomic E-state index is 6.07. The Balaban J connectivity index is 1.83. The molecular weight excluding hydrogens is 174 g/mol. The van der Waals surface area contributed by atoms with Gasteiger partial charge in [-0.3, -0.25) is 0 Å². The van der Waals surface area contributed by atoms with Crippen molar-refractivity contribution < 1.29 is 4.74 Å². The minimum atomic E-state index is 0.0643. The van der Waals surface area contributed by atoms with E-state index in [1.807, 2.05) is 30.3 Å². The molecule has 0 spiro atoms. The Labute approximate surface area is 85.1 Å². The van der Waals surface area contributed by atoms with E-state index in [2.05, 4.69) is 6.92 Å². The normalized spacial score (nSPS) is 20.1. The van der Waals surface area contributed by atoms with Crippen LogP contribution in [-0.2, 0) is 0 Å². The molecule has 1 fully saturated rings. The Morgan fingerprint density at radius 3 is 2.57 bits per heavy atom. The average molecular weight is 191 g/mol. The van der Waals surface area contributed by atoms with Crippen LogP contribution in [0, 0.1) is 5.92 Å². The van der Waals surface area contributed by atoms with E-state index < -0.39 is 0 Å². The summed E-state index contributed by atoms with van der Waals surface area (Å²) in [6.07, 6.45) is 2.29. The number of ether oxygens (including phenoxy) is 1. The summed E-state index contributed by atoms with van der Waals surface area (Å²) >= 11 is 0. The van der Waals surface area contributed by atoms with Crippen molar-refractivity contribution >= 4 is 0 Å². The van der Waals surface area contributed by atoms with Crippen LogP contribution in [0.2, 0.25) is 0 Å². The fraction of sp³-hybridized carbons (Fsp3) is 0.500. The van der Waals surface area contributed by atoms with Gasteiger partial charge in [0.15, 0.2) is 0 Å². The van der Waals surface area contributed by atoms with Crippen LogP contribution in [0.3, 0.4) is 0 Å². The van der Waals surface area contributed by atoms with E-state index in [1.54, 1.807) is 0 Å². The lowest BCUT2D eigenvalue weighted by Gasteiger charge is -2.18. The molecule has 0 bridgehead atoms. The number of nitrogens with two attached hydrogens (primary N) is 1. The van der Waals surface area contributed by atoms with Crippen LogP contribution in [0.1, 0.15) is 19.8 Å². The summed E-state index contributed by atoms with van der Waals surface area (Å²) in [7, 11) is 0. The van der Waals surface area contributed by atoms with Gasteiger partial charge in [0.25, 0.3) is 0 Å². The average Bonchev–Trinajstić information content (AvgIpc) is 2.96. The van der Waals surface area contributed by atoms with Crippen molar-refractivity contribution in [3.63, 3.8) is 0 Å². The summed E-state index contributed by atoms with van der Waals surface area (Å²) in [5.74, 6) is 1.38. The molecule has 0 amide bonds. The van der Waals surface area contributed by atoms with Crippen LogP contribution >= 0.6 is 0 Å². The van der Waals surface area contributed by atoms with Crippen LogP contribution in [0.25, 0.3) is 0 Å². The van der Waals surface area contributed by atoms with Crippen molar-refractivity contribution in [3.05, 3.63) is 30.3 Å². The standard InChI is InChI=1S/C12H17NO/c1-10(12(13)7-8-12)9-14-11-5-3-2-4-6-11/h2-6,10H,7-9,13H2,1H3. The number of hydrogen-bond donors (Lipinski definition) is 1. The highest BCUT2D eigenvalue weighted by Gasteiger charge is 2.43. The Kier molecular flexibility index (Phi) is 2.46. The lowest BCUT2D eigenvalue weighted by atomic mass is 10.0. The summed E-state index contributed by atoms with van der Waals surface area (Å²) in [6.45, 7) is 2.89. The van der Waals surface area contributed by atoms with E-state index >= 15 is 0 Å². The molecule has 0 heterocycles. The third kappa shape index (κ3) is 2.07. The van der Waals surface area contributed by atoms with Gasteiger partial charge < -0.3 is 10.5 Å². The highest BCUT2D eigenvalue weighted by molar-refractivity contribution is 5.21. The maximum absolute atomic E-state index is 6.07. The molecule has 1 aliphatic rings. The lowest BCUT2D eigenvalue weighted by molar-refractivity contribution is 0.230. The molecule has 1 atom stereocenters. The highest BCUT2D eigenvalue weighted by atomic mass is 16.5.